The van der Waals surface area contributed by atoms with Crippen molar-refractivity contribution in [1.29, 1.82) is 0 Å². The SMILES string of the molecule is Cc1ccc(NC(=O)CN2C(=O)N[C@H](c3ccccc3Cl)C3=C2COC3=O)cc1. The zero-order chi connectivity index (χ0) is 20.5. The highest BCUT2D eigenvalue weighted by atomic mass is 35.5. The fourth-order valence-corrected chi connectivity index (χ4v) is 3.65. The minimum absolute atomic E-state index is 0.0691. The second-order valence-corrected chi connectivity index (χ2v) is 7.25. The summed E-state index contributed by atoms with van der Waals surface area (Å²) in [5.41, 5.74) is 2.96. The standard InChI is InChI=1S/C21H18ClN3O4/c1-12-6-8-13(9-7-12)23-17(26)10-25-16-11-29-20(27)18(16)19(24-21(25)28)14-4-2-3-5-15(14)22/h2-9,19H,10-11H2,1H3,(H,23,26)(H,24,28)/t19-/m1/s1. The maximum absolute atomic E-state index is 12.8. The van der Waals surface area contributed by atoms with Crippen LogP contribution in [0.1, 0.15) is 17.2 Å². The van der Waals surface area contributed by atoms with E-state index in [0.717, 1.165) is 5.56 Å². The molecular formula is C21H18ClN3O4. The van der Waals surface area contributed by atoms with Gasteiger partial charge in [0.25, 0.3) is 0 Å². The van der Waals surface area contributed by atoms with Crippen LogP contribution in [0.3, 0.4) is 0 Å². The monoisotopic (exact) mass is 411 g/mol. The number of carbonyl (C=O) groups excluding carboxylic acids is 3. The zero-order valence-corrected chi connectivity index (χ0v) is 16.3. The molecular weight excluding hydrogens is 394 g/mol. The van der Waals surface area contributed by atoms with Gasteiger partial charge in [-0.1, -0.05) is 47.5 Å². The highest BCUT2D eigenvalue weighted by Crippen LogP contribution is 2.37. The van der Waals surface area contributed by atoms with E-state index >= 15 is 0 Å². The van der Waals surface area contributed by atoms with Crippen LogP contribution >= 0.6 is 11.6 Å². The summed E-state index contributed by atoms with van der Waals surface area (Å²) in [6.45, 7) is 1.63. The highest BCUT2D eigenvalue weighted by molar-refractivity contribution is 6.31. The zero-order valence-electron chi connectivity index (χ0n) is 15.6. The second kappa shape index (κ2) is 7.60. The van der Waals surface area contributed by atoms with E-state index in [1.54, 1.807) is 36.4 Å². The molecule has 0 saturated carbocycles. The molecule has 7 nitrogen and oxygen atoms in total. The average Bonchev–Trinajstić information content (AvgIpc) is 3.08. The lowest BCUT2D eigenvalue weighted by Crippen LogP contribution is -2.49. The van der Waals surface area contributed by atoms with Gasteiger partial charge in [-0.15, -0.1) is 0 Å². The molecule has 148 valence electrons. The first-order valence-corrected chi connectivity index (χ1v) is 9.41. The van der Waals surface area contributed by atoms with E-state index in [-0.39, 0.29) is 19.1 Å². The number of nitrogens with zero attached hydrogens (tertiary/aromatic N) is 1. The molecule has 0 radical (unpaired) electrons. The van der Waals surface area contributed by atoms with Crippen LogP contribution in [0.5, 0.6) is 0 Å². The Labute approximate surface area is 172 Å². The Morgan fingerprint density at radius 3 is 2.66 bits per heavy atom. The number of cyclic esters (lactones) is 1. The molecule has 8 heteroatoms. The number of benzene rings is 2. The van der Waals surface area contributed by atoms with Gasteiger partial charge < -0.3 is 15.4 Å². The predicted octanol–water partition coefficient (Wildman–Crippen LogP) is 3.16. The lowest BCUT2D eigenvalue weighted by atomic mass is 9.95. The summed E-state index contributed by atoms with van der Waals surface area (Å²) >= 11 is 6.26. The van der Waals surface area contributed by atoms with E-state index in [4.69, 9.17) is 16.3 Å². The van der Waals surface area contributed by atoms with E-state index in [2.05, 4.69) is 10.6 Å². The molecule has 2 aromatic carbocycles. The van der Waals surface area contributed by atoms with Crippen LogP contribution in [0.2, 0.25) is 5.02 Å². The van der Waals surface area contributed by atoms with E-state index in [0.29, 0.717) is 27.5 Å². The predicted molar refractivity (Wildman–Crippen MR) is 107 cm³/mol. The van der Waals surface area contributed by atoms with Crippen molar-refractivity contribution in [2.75, 3.05) is 18.5 Å². The number of hydrogen-bond donors (Lipinski definition) is 2. The van der Waals surface area contributed by atoms with Crippen LogP contribution in [0.25, 0.3) is 0 Å². The maximum Gasteiger partial charge on any atom is 0.338 e. The molecule has 2 heterocycles. The fourth-order valence-electron chi connectivity index (χ4n) is 3.40. The molecule has 3 amide bonds. The van der Waals surface area contributed by atoms with E-state index in [1.807, 2.05) is 19.1 Å². The number of hydrogen-bond acceptors (Lipinski definition) is 4. The number of esters is 1. The number of amides is 3. The highest BCUT2D eigenvalue weighted by Gasteiger charge is 2.43. The molecule has 2 aliphatic heterocycles. The molecule has 0 aromatic heterocycles. The quantitative estimate of drug-likeness (QED) is 0.756. The smallest absolute Gasteiger partial charge is 0.338 e. The summed E-state index contributed by atoms with van der Waals surface area (Å²) in [6.07, 6.45) is 0. The average molecular weight is 412 g/mol. The van der Waals surface area contributed by atoms with Gasteiger partial charge in [-0.05, 0) is 30.7 Å². The molecule has 0 aliphatic carbocycles. The van der Waals surface area contributed by atoms with Gasteiger partial charge in [-0.3, -0.25) is 9.69 Å². The Bertz CT molecular complexity index is 1030. The van der Waals surface area contributed by atoms with Crippen LogP contribution in [0, 0.1) is 6.92 Å². The Morgan fingerprint density at radius 2 is 1.93 bits per heavy atom. The van der Waals surface area contributed by atoms with E-state index < -0.39 is 18.0 Å². The van der Waals surface area contributed by atoms with Gasteiger partial charge in [-0.25, -0.2) is 9.59 Å². The normalized spacial score (nSPS) is 18.3. The molecule has 2 aromatic rings. The largest absolute Gasteiger partial charge is 0.456 e. The molecule has 0 fully saturated rings. The number of rotatable bonds is 4. The number of anilines is 1. The van der Waals surface area contributed by atoms with Gasteiger partial charge in [0.05, 0.1) is 17.3 Å². The van der Waals surface area contributed by atoms with Crippen LogP contribution in [0.15, 0.2) is 59.8 Å². The minimum atomic E-state index is -0.724. The summed E-state index contributed by atoms with van der Waals surface area (Å²) in [5, 5.41) is 5.94. The lowest BCUT2D eigenvalue weighted by molar-refractivity contribution is -0.136. The molecule has 2 aliphatic rings. The van der Waals surface area contributed by atoms with Gasteiger partial charge in [0.2, 0.25) is 5.91 Å². The topological polar surface area (TPSA) is 87.7 Å². The molecule has 1 atom stereocenters. The fraction of sp³-hybridized carbons (Fsp3) is 0.190. The molecule has 4 rings (SSSR count). The first kappa shape index (κ1) is 19.0. The number of aryl methyl sites for hydroxylation is 1. The van der Waals surface area contributed by atoms with Gasteiger partial charge in [0.15, 0.2) is 0 Å². The second-order valence-electron chi connectivity index (χ2n) is 6.84. The number of ether oxygens (including phenoxy) is 1. The Hall–Kier alpha value is -3.32. The summed E-state index contributed by atoms with van der Waals surface area (Å²) < 4.78 is 5.16. The van der Waals surface area contributed by atoms with Crippen molar-refractivity contribution in [2.45, 2.75) is 13.0 Å². The molecule has 0 unspecified atom stereocenters. The van der Waals surface area contributed by atoms with Crippen molar-refractivity contribution in [3.8, 4) is 0 Å². The van der Waals surface area contributed by atoms with Crippen LogP contribution < -0.4 is 10.6 Å². The van der Waals surface area contributed by atoms with Crippen LogP contribution in [-0.4, -0.2) is 36.0 Å². The van der Waals surface area contributed by atoms with E-state index in [9.17, 15) is 14.4 Å². The van der Waals surface area contributed by atoms with Gasteiger partial charge in [-0.2, -0.15) is 0 Å². The summed E-state index contributed by atoms with van der Waals surface area (Å²) in [7, 11) is 0. The van der Waals surface area contributed by atoms with Crippen molar-refractivity contribution in [3.05, 3.63) is 76.0 Å². The van der Waals surface area contributed by atoms with Crippen molar-refractivity contribution >= 4 is 35.2 Å². The third-order valence-corrected chi connectivity index (χ3v) is 5.20. The van der Waals surface area contributed by atoms with E-state index in [1.165, 1.54) is 4.90 Å². The lowest BCUT2D eigenvalue weighted by Gasteiger charge is -2.32. The summed E-state index contributed by atoms with van der Waals surface area (Å²) in [6, 6.07) is 13.1. The van der Waals surface area contributed by atoms with Crippen LogP contribution in [0.4, 0.5) is 10.5 Å². The Morgan fingerprint density at radius 1 is 1.21 bits per heavy atom. The van der Waals surface area contributed by atoms with Crippen molar-refractivity contribution in [2.24, 2.45) is 0 Å². The van der Waals surface area contributed by atoms with Crippen molar-refractivity contribution in [3.63, 3.8) is 0 Å². The van der Waals surface area contributed by atoms with Crippen molar-refractivity contribution < 1.29 is 19.1 Å². The molecule has 0 spiro atoms. The first-order valence-electron chi connectivity index (χ1n) is 9.03. The molecule has 2 N–H and O–H groups in total. The Balaban J connectivity index is 1.60. The summed E-state index contributed by atoms with van der Waals surface area (Å²) in [4.78, 5) is 38.8. The molecule has 29 heavy (non-hydrogen) atoms. The number of nitrogens with one attached hydrogen (secondary N) is 2. The summed E-state index contributed by atoms with van der Waals surface area (Å²) in [5.74, 6) is -0.916. The number of halogens is 1. The number of carbonyl (C=O) groups is 3. The van der Waals surface area contributed by atoms with Gasteiger partial charge in [0.1, 0.15) is 13.2 Å². The molecule has 0 saturated heterocycles. The number of urea groups is 1. The van der Waals surface area contributed by atoms with Gasteiger partial charge >= 0.3 is 12.0 Å². The first-order chi connectivity index (χ1) is 13.9. The maximum atomic E-state index is 12.8. The minimum Gasteiger partial charge on any atom is -0.456 e. The van der Waals surface area contributed by atoms with Gasteiger partial charge in [0, 0.05) is 10.7 Å². The van der Waals surface area contributed by atoms with Crippen LogP contribution in [-0.2, 0) is 14.3 Å². The Kier molecular flexibility index (Phi) is 4.98. The molecule has 0 bridgehead atoms. The van der Waals surface area contributed by atoms with Crippen molar-refractivity contribution in [1.82, 2.24) is 10.2 Å². The third-order valence-electron chi connectivity index (χ3n) is 4.85. The third kappa shape index (κ3) is 3.69.